The first-order valence-electron chi connectivity index (χ1n) is 11.0. The maximum atomic E-state index is 13.3. The minimum Gasteiger partial charge on any atom is -0.468 e. The Kier molecular flexibility index (Phi) is 5.64. The van der Waals surface area contributed by atoms with Gasteiger partial charge < -0.3 is 14.2 Å². The summed E-state index contributed by atoms with van der Waals surface area (Å²) in [7, 11) is 0. The molecule has 164 valence electrons. The Morgan fingerprint density at radius 2 is 1.91 bits per heavy atom. The SMILES string of the molecule is Cc1ccc(-c2nn(-c3ccccc3)cc2C(=O)NC[C@H](c2ccco2)N2CCCC2)o1. The Hall–Kier alpha value is -3.58. The summed E-state index contributed by atoms with van der Waals surface area (Å²) in [4.78, 5) is 15.7. The van der Waals surface area contributed by atoms with Crippen molar-refractivity contribution in [2.75, 3.05) is 19.6 Å². The van der Waals surface area contributed by atoms with E-state index in [-0.39, 0.29) is 11.9 Å². The predicted molar refractivity (Wildman–Crippen MR) is 121 cm³/mol. The molecule has 0 unspecified atom stereocenters. The highest BCUT2D eigenvalue weighted by Crippen LogP contribution is 2.27. The summed E-state index contributed by atoms with van der Waals surface area (Å²) in [6.45, 7) is 4.34. The van der Waals surface area contributed by atoms with Crippen LogP contribution >= 0.6 is 0 Å². The van der Waals surface area contributed by atoms with Crippen molar-refractivity contribution in [3.63, 3.8) is 0 Å². The summed E-state index contributed by atoms with van der Waals surface area (Å²) in [5.74, 6) is 2.03. The molecule has 1 aliphatic rings. The summed E-state index contributed by atoms with van der Waals surface area (Å²) in [5, 5.41) is 7.78. The number of benzene rings is 1. The largest absolute Gasteiger partial charge is 0.468 e. The van der Waals surface area contributed by atoms with Gasteiger partial charge in [-0.1, -0.05) is 18.2 Å². The van der Waals surface area contributed by atoms with Gasteiger partial charge in [0.25, 0.3) is 5.91 Å². The highest BCUT2D eigenvalue weighted by molar-refractivity contribution is 5.99. The first-order valence-corrected chi connectivity index (χ1v) is 11.0. The molecule has 3 aromatic heterocycles. The normalized spacial score (nSPS) is 15.2. The van der Waals surface area contributed by atoms with Gasteiger partial charge in [0.1, 0.15) is 17.2 Å². The Morgan fingerprint density at radius 1 is 1.09 bits per heavy atom. The standard InChI is InChI=1S/C25H26N4O3/c1-18-11-12-23(32-18)24-20(17-29(27-24)19-8-3-2-4-9-19)25(30)26-16-21(22-10-7-15-31-22)28-13-5-6-14-28/h2-4,7-12,15,17,21H,5-6,13-14,16H2,1H3,(H,26,30)/t21-/m1/s1. The molecule has 4 heterocycles. The van der Waals surface area contributed by atoms with Crippen molar-refractivity contribution < 1.29 is 13.6 Å². The van der Waals surface area contributed by atoms with E-state index in [0.29, 0.717) is 23.6 Å². The minimum absolute atomic E-state index is 0.00919. The van der Waals surface area contributed by atoms with Gasteiger partial charge in [0, 0.05) is 12.7 Å². The van der Waals surface area contributed by atoms with E-state index >= 15 is 0 Å². The Bertz CT molecular complexity index is 1170. The van der Waals surface area contributed by atoms with Crippen molar-refractivity contribution in [3.8, 4) is 17.1 Å². The second-order valence-electron chi connectivity index (χ2n) is 8.07. The topological polar surface area (TPSA) is 76.4 Å². The maximum Gasteiger partial charge on any atom is 0.255 e. The molecule has 7 heteroatoms. The van der Waals surface area contributed by atoms with Gasteiger partial charge in [-0.3, -0.25) is 9.69 Å². The molecular weight excluding hydrogens is 404 g/mol. The number of hydrogen-bond acceptors (Lipinski definition) is 5. The van der Waals surface area contributed by atoms with E-state index in [1.165, 1.54) is 0 Å². The summed E-state index contributed by atoms with van der Waals surface area (Å²) in [6, 6.07) is 17.3. The van der Waals surface area contributed by atoms with Crippen LogP contribution in [0.5, 0.6) is 0 Å². The van der Waals surface area contributed by atoms with Gasteiger partial charge in [0.05, 0.1) is 23.6 Å². The molecule has 7 nitrogen and oxygen atoms in total. The summed E-state index contributed by atoms with van der Waals surface area (Å²) < 4.78 is 13.2. The average molecular weight is 431 g/mol. The fourth-order valence-corrected chi connectivity index (χ4v) is 4.23. The number of aromatic nitrogens is 2. The van der Waals surface area contributed by atoms with Gasteiger partial charge >= 0.3 is 0 Å². The fraction of sp³-hybridized carbons (Fsp3) is 0.280. The van der Waals surface area contributed by atoms with Crippen LogP contribution in [0.2, 0.25) is 0 Å². The zero-order valence-corrected chi connectivity index (χ0v) is 18.0. The number of amides is 1. The predicted octanol–water partition coefficient (Wildman–Crippen LogP) is 4.60. The molecule has 1 atom stereocenters. The van der Waals surface area contributed by atoms with E-state index in [1.807, 2.05) is 61.5 Å². The zero-order valence-electron chi connectivity index (χ0n) is 18.0. The van der Waals surface area contributed by atoms with Crippen molar-refractivity contribution in [2.24, 2.45) is 0 Å². The van der Waals surface area contributed by atoms with Crippen LogP contribution in [-0.4, -0.2) is 40.2 Å². The molecule has 0 aliphatic carbocycles. The van der Waals surface area contributed by atoms with Crippen LogP contribution in [0.4, 0.5) is 0 Å². The lowest BCUT2D eigenvalue weighted by atomic mass is 10.1. The summed E-state index contributed by atoms with van der Waals surface area (Å²) in [6.07, 6.45) is 5.77. The van der Waals surface area contributed by atoms with Crippen LogP contribution in [0.25, 0.3) is 17.1 Å². The molecule has 1 aromatic carbocycles. The number of likely N-dealkylation sites (tertiary alicyclic amines) is 1. The number of nitrogens with zero attached hydrogens (tertiary/aromatic N) is 3. The lowest BCUT2D eigenvalue weighted by molar-refractivity contribution is 0.0934. The molecule has 0 saturated carbocycles. The Labute approximate surface area is 186 Å². The number of hydrogen-bond donors (Lipinski definition) is 1. The smallest absolute Gasteiger partial charge is 0.255 e. The molecule has 1 saturated heterocycles. The second kappa shape index (κ2) is 8.88. The third-order valence-corrected chi connectivity index (χ3v) is 5.86. The molecule has 0 spiro atoms. The number of carbonyl (C=O) groups excluding carboxylic acids is 1. The van der Waals surface area contributed by atoms with E-state index < -0.39 is 0 Å². The third kappa shape index (κ3) is 4.11. The number of carbonyl (C=O) groups is 1. The third-order valence-electron chi connectivity index (χ3n) is 5.86. The average Bonchev–Trinajstić information content (AvgIpc) is 3.61. The second-order valence-corrected chi connectivity index (χ2v) is 8.07. The first kappa shape index (κ1) is 20.3. The quantitative estimate of drug-likeness (QED) is 0.464. The molecule has 1 aliphatic heterocycles. The first-order chi connectivity index (χ1) is 15.7. The van der Waals surface area contributed by atoms with E-state index in [4.69, 9.17) is 8.83 Å². The number of para-hydroxylation sites is 1. The van der Waals surface area contributed by atoms with Crippen molar-refractivity contribution in [2.45, 2.75) is 25.8 Å². The number of nitrogens with one attached hydrogen (secondary N) is 1. The van der Waals surface area contributed by atoms with Gasteiger partial charge in [0.15, 0.2) is 5.76 Å². The van der Waals surface area contributed by atoms with Crippen LogP contribution in [-0.2, 0) is 0 Å². The van der Waals surface area contributed by atoms with E-state index in [1.54, 1.807) is 17.1 Å². The molecule has 32 heavy (non-hydrogen) atoms. The molecule has 0 radical (unpaired) electrons. The zero-order chi connectivity index (χ0) is 21.9. The molecule has 1 N–H and O–H groups in total. The van der Waals surface area contributed by atoms with Crippen LogP contribution in [0.15, 0.2) is 75.9 Å². The van der Waals surface area contributed by atoms with Crippen LogP contribution in [0.3, 0.4) is 0 Å². The van der Waals surface area contributed by atoms with Gasteiger partial charge in [-0.15, -0.1) is 0 Å². The highest BCUT2D eigenvalue weighted by atomic mass is 16.3. The van der Waals surface area contributed by atoms with Crippen LogP contribution in [0, 0.1) is 6.92 Å². The van der Waals surface area contributed by atoms with E-state index in [9.17, 15) is 4.79 Å². The fourth-order valence-electron chi connectivity index (χ4n) is 4.23. The number of rotatable bonds is 7. The van der Waals surface area contributed by atoms with Crippen molar-refractivity contribution >= 4 is 5.91 Å². The van der Waals surface area contributed by atoms with Crippen LogP contribution in [0.1, 0.15) is 40.8 Å². The lowest BCUT2D eigenvalue weighted by Crippen LogP contribution is -2.36. The Balaban J connectivity index is 1.42. The molecule has 1 fully saturated rings. The minimum atomic E-state index is -0.188. The summed E-state index contributed by atoms with van der Waals surface area (Å²) in [5.41, 5.74) is 1.87. The van der Waals surface area contributed by atoms with Gasteiger partial charge in [-0.25, -0.2) is 4.68 Å². The number of furan rings is 2. The monoisotopic (exact) mass is 430 g/mol. The van der Waals surface area contributed by atoms with Crippen molar-refractivity contribution in [3.05, 3.63) is 84.1 Å². The molecule has 0 bridgehead atoms. The van der Waals surface area contributed by atoms with E-state index in [2.05, 4.69) is 15.3 Å². The van der Waals surface area contributed by atoms with E-state index in [0.717, 1.165) is 43.1 Å². The van der Waals surface area contributed by atoms with Gasteiger partial charge in [-0.05, 0) is 69.3 Å². The summed E-state index contributed by atoms with van der Waals surface area (Å²) >= 11 is 0. The van der Waals surface area contributed by atoms with Gasteiger partial charge in [-0.2, -0.15) is 5.10 Å². The Morgan fingerprint density at radius 3 is 2.59 bits per heavy atom. The highest BCUT2D eigenvalue weighted by Gasteiger charge is 2.27. The lowest BCUT2D eigenvalue weighted by Gasteiger charge is -2.25. The molecule has 1 amide bonds. The molecular formula is C25H26N4O3. The molecule has 5 rings (SSSR count). The number of aryl methyl sites for hydroxylation is 1. The van der Waals surface area contributed by atoms with Crippen LogP contribution < -0.4 is 5.32 Å². The van der Waals surface area contributed by atoms with Gasteiger partial charge in [0.2, 0.25) is 0 Å². The molecule has 4 aromatic rings. The van der Waals surface area contributed by atoms with Crippen molar-refractivity contribution in [1.29, 1.82) is 0 Å². The van der Waals surface area contributed by atoms with Crippen molar-refractivity contribution in [1.82, 2.24) is 20.0 Å². The maximum absolute atomic E-state index is 13.3.